The van der Waals surface area contributed by atoms with Gasteiger partial charge in [-0.2, -0.15) is 0 Å². The topological polar surface area (TPSA) is 78.3 Å². The molecule has 3 aliphatic heterocycles. The fourth-order valence-electron chi connectivity index (χ4n) is 4.06. The van der Waals surface area contributed by atoms with Crippen LogP contribution in [-0.2, 0) is 25.4 Å². The van der Waals surface area contributed by atoms with Crippen LogP contribution in [0, 0.1) is 5.92 Å². The Bertz CT molecular complexity index is 847. The largest absolute Gasteiger partial charge is 0.465 e. The first-order valence-electron chi connectivity index (χ1n) is 9.26. The van der Waals surface area contributed by atoms with Gasteiger partial charge in [-0.25, -0.2) is 9.59 Å². The van der Waals surface area contributed by atoms with E-state index in [0.29, 0.717) is 41.9 Å². The first-order chi connectivity index (χ1) is 12.8. The Kier molecular flexibility index (Phi) is 4.26. The van der Waals surface area contributed by atoms with E-state index in [-0.39, 0.29) is 24.1 Å². The summed E-state index contributed by atoms with van der Waals surface area (Å²) in [7, 11) is 1.36. The molecule has 0 N–H and O–H groups in total. The van der Waals surface area contributed by atoms with Crippen molar-refractivity contribution < 1.29 is 28.2 Å². The fraction of sp³-hybridized carbons (Fsp3) is 0.524. The molecule has 6 heteroatoms. The Labute approximate surface area is 158 Å². The lowest BCUT2D eigenvalue weighted by molar-refractivity contribution is -0.140. The predicted octanol–water partition coefficient (Wildman–Crippen LogP) is 3.67. The lowest BCUT2D eigenvalue weighted by Crippen LogP contribution is -2.18. The summed E-state index contributed by atoms with van der Waals surface area (Å²) in [6.45, 7) is 8.00. The first-order valence-corrected chi connectivity index (χ1v) is 9.26. The Balaban J connectivity index is 1.72. The molecule has 1 fully saturated rings. The normalized spacial score (nSPS) is 32.2. The van der Waals surface area contributed by atoms with Gasteiger partial charge in [0.1, 0.15) is 34.9 Å². The van der Waals surface area contributed by atoms with Crippen LogP contribution in [0.1, 0.15) is 61.1 Å². The highest BCUT2D eigenvalue weighted by Crippen LogP contribution is 2.54. The quantitative estimate of drug-likeness (QED) is 0.448. The second kappa shape index (κ2) is 6.37. The third kappa shape index (κ3) is 3.23. The average Bonchev–Trinajstić information content (AvgIpc) is 2.94. The third-order valence-corrected chi connectivity index (χ3v) is 5.78. The Morgan fingerprint density at radius 2 is 2.19 bits per heavy atom. The molecule has 6 nitrogen and oxygen atoms in total. The number of allylic oxidation sites excluding steroid dienone is 1. The van der Waals surface area contributed by atoms with Gasteiger partial charge < -0.3 is 18.6 Å². The van der Waals surface area contributed by atoms with E-state index in [2.05, 4.69) is 6.58 Å². The third-order valence-electron chi connectivity index (χ3n) is 5.78. The average molecular weight is 372 g/mol. The highest BCUT2D eigenvalue weighted by Gasteiger charge is 2.57. The number of rotatable bonds is 2. The number of carbonyl (C=O) groups is 2. The van der Waals surface area contributed by atoms with E-state index < -0.39 is 11.6 Å². The number of epoxide rings is 1. The molecule has 0 spiro atoms. The van der Waals surface area contributed by atoms with Crippen molar-refractivity contribution in [1.29, 1.82) is 0 Å². The van der Waals surface area contributed by atoms with Crippen LogP contribution in [0.25, 0.3) is 0 Å². The van der Waals surface area contributed by atoms with Crippen molar-refractivity contribution in [3.8, 4) is 0 Å². The van der Waals surface area contributed by atoms with Gasteiger partial charge >= 0.3 is 11.9 Å². The standard InChI is InChI=1S/C21H24O6/c1-11(2)12-5-6-13-7-14(25-19(13)22)10-21(3)18(27-21)17-9-15(20(23)24-4)16(8-12)26-17/h7,9,12,14,18H,1,5-6,8,10H2,2-4H3/t12-,14-,18-,21+/m0/s1. The number of hydrogen-bond donors (Lipinski definition) is 0. The second-order valence-corrected chi connectivity index (χ2v) is 7.91. The van der Waals surface area contributed by atoms with Crippen molar-refractivity contribution in [3.63, 3.8) is 0 Å². The van der Waals surface area contributed by atoms with Gasteiger partial charge in [0.05, 0.1) is 7.11 Å². The Morgan fingerprint density at radius 3 is 2.89 bits per heavy atom. The highest BCUT2D eigenvalue weighted by molar-refractivity contribution is 5.91. The van der Waals surface area contributed by atoms with Crippen LogP contribution in [0.3, 0.4) is 0 Å². The summed E-state index contributed by atoms with van der Waals surface area (Å²) in [5, 5.41) is 0. The van der Waals surface area contributed by atoms with Crippen molar-refractivity contribution in [3.05, 3.63) is 47.0 Å². The summed E-state index contributed by atoms with van der Waals surface area (Å²) in [6.07, 6.45) is 3.78. The molecule has 144 valence electrons. The molecule has 0 unspecified atom stereocenters. The van der Waals surface area contributed by atoms with Crippen molar-refractivity contribution in [1.82, 2.24) is 0 Å². The number of hydrogen-bond acceptors (Lipinski definition) is 6. The van der Waals surface area contributed by atoms with Crippen molar-refractivity contribution in [2.24, 2.45) is 5.92 Å². The number of ether oxygens (including phenoxy) is 3. The van der Waals surface area contributed by atoms with Crippen LogP contribution in [0.2, 0.25) is 0 Å². The maximum absolute atomic E-state index is 12.2. The summed E-state index contributed by atoms with van der Waals surface area (Å²) >= 11 is 0. The SMILES string of the molecule is C=C(C)[C@H]1CCC2=C[C@@H](C[C@@]3(C)O[C@H]3c3cc(C(=O)OC)c(o3)C1)OC2=O. The van der Waals surface area contributed by atoms with Crippen LogP contribution in [0.5, 0.6) is 0 Å². The molecule has 1 aromatic rings. The van der Waals surface area contributed by atoms with Gasteiger partial charge in [0.25, 0.3) is 0 Å². The molecule has 27 heavy (non-hydrogen) atoms. The van der Waals surface area contributed by atoms with Gasteiger partial charge in [0, 0.05) is 18.4 Å². The van der Waals surface area contributed by atoms with E-state index in [0.717, 1.165) is 12.0 Å². The lowest BCUT2D eigenvalue weighted by Gasteiger charge is -2.16. The lowest BCUT2D eigenvalue weighted by atomic mass is 9.89. The predicted molar refractivity (Wildman–Crippen MR) is 96.1 cm³/mol. The second-order valence-electron chi connectivity index (χ2n) is 7.91. The van der Waals surface area contributed by atoms with Gasteiger partial charge in [0.2, 0.25) is 0 Å². The zero-order valence-corrected chi connectivity index (χ0v) is 15.9. The molecule has 4 rings (SSSR count). The van der Waals surface area contributed by atoms with Gasteiger partial charge in [-0.05, 0) is 44.7 Å². The highest BCUT2D eigenvalue weighted by atomic mass is 16.6. The molecule has 1 saturated heterocycles. The van der Waals surface area contributed by atoms with E-state index in [1.54, 1.807) is 6.07 Å². The smallest absolute Gasteiger partial charge is 0.341 e. The molecule has 3 aliphatic rings. The van der Waals surface area contributed by atoms with E-state index in [1.807, 2.05) is 19.9 Å². The molecule has 4 bridgehead atoms. The summed E-state index contributed by atoms with van der Waals surface area (Å²) in [5.74, 6) is 0.611. The summed E-state index contributed by atoms with van der Waals surface area (Å²) in [4.78, 5) is 24.4. The molecular weight excluding hydrogens is 348 g/mol. The minimum atomic E-state index is -0.485. The molecule has 0 amide bonds. The van der Waals surface area contributed by atoms with Crippen molar-refractivity contribution in [2.45, 2.75) is 57.3 Å². The fourth-order valence-corrected chi connectivity index (χ4v) is 4.06. The van der Waals surface area contributed by atoms with Crippen molar-refractivity contribution >= 4 is 11.9 Å². The first kappa shape index (κ1) is 18.0. The summed E-state index contributed by atoms with van der Waals surface area (Å²) in [6, 6.07) is 1.72. The van der Waals surface area contributed by atoms with E-state index in [1.165, 1.54) is 7.11 Å². The molecule has 0 aromatic carbocycles. The Morgan fingerprint density at radius 1 is 1.41 bits per heavy atom. The van der Waals surface area contributed by atoms with Crippen LogP contribution in [-0.4, -0.2) is 30.8 Å². The van der Waals surface area contributed by atoms with E-state index >= 15 is 0 Å². The molecule has 0 aliphatic carbocycles. The number of furan rings is 1. The number of carbonyl (C=O) groups excluding carboxylic acids is 2. The van der Waals surface area contributed by atoms with E-state index in [9.17, 15) is 9.59 Å². The zero-order chi connectivity index (χ0) is 19.3. The van der Waals surface area contributed by atoms with E-state index in [4.69, 9.17) is 18.6 Å². The number of methoxy groups -OCH3 is 1. The monoisotopic (exact) mass is 372 g/mol. The Hall–Kier alpha value is -2.34. The zero-order valence-electron chi connectivity index (χ0n) is 15.9. The molecular formula is C21H24O6. The molecule has 0 radical (unpaired) electrons. The van der Waals surface area contributed by atoms with Gasteiger partial charge in [-0.15, -0.1) is 0 Å². The van der Waals surface area contributed by atoms with Gasteiger partial charge in [-0.3, -0.25) is 0 Å². The van der Waals surface area contributed by atoms with Crippen LogP contribution in [0.15, 0.2) is 34.3 Å². The molecule has 4 heterocycles. The molecule has 4 atom stereocenters. The van der Waals surface area contributed by atoms with Crippen LogP contribution < -0.4 is 0 Å². The number of esters is 2. The summed E-state index contributed by atoms with van der Waals surface area (Å²) in [5.41, 5.74) is 1.64. The van der Waals surface area contributed by atoms with Gasteiger partial charge in [-0.1, -0.05) is 12.2 Å². The van der Waals surface area contributed by atoms with Crippen LogP contribution >= 0.6 is 0 Å². The van der Waals surface area contributed by atoms with Crippen LogP contribution in [0.4, 0.5) is 0 Å². The number of fused-ring (bicyclic) bond motifs is 5. The minimum Gasteiger partial charge on any atom is -0.465 e. The maximum atomic E-state index is 12.2. The molecule has 0 saturated carbocycles. The van der Waals surface area contributed by atoms with Crippen molar-refractivity contribution in [2.75, 3.05) is 7.11 Å². The minimum absolute atomic E-state index is 0.0763. The van der Waals surface area contributed by atoms with Gasteiger partial charge in [0.15, 0.2) is 0 Å². The molecule has 1 aromatic heterocycles. The maximum Gasteiger partial charge on any atom is 0.341 e. The summed E-state index contributed by atoms with van der Waals surface area (Å²) < 4.78 is 22.4.